The molecular weight excluding hydrogens is 531 g/mol. The van der Waals surface area contributed by atoms with Gasteiger partial charge in [0.05, 0.1) is 16.5 Å². The zero-order valence-corrected chi connectivity index (χ0v) is 23.2. The second kappa shape index (κ2) is 11.8. The fourth-order valence-corrected chi connectivity index (χ4v) is 6.09. The Hall–Kier alpha value is -4.36. The van der Waals surface area contributed by atoms with Crippen LogP contribution in [0.3, 0.4) is 0 Å². The Balaban J connectivity index is 1.88. The van der Waals surface area contributed by atoms with Crippen molar-refractivity contribution in [3.05, 3.63) is 99.6 Å². The van der Waals surface area contributed by atoms with E-state index in [4.69, 9.17) is 5.26 Å². The lowest BCUT2D eigenvalue weighted by atomic mass is 10.0. The van der Waals surface area contributed by atoms with E-state index in [-0.39, 0.29) is 16.3 Å². The number of hydrogen-bond acceptors (Lipinski definition) is 7. The first-order chi connectivity index (χ1) is 19.1. The van der Waals surface area contributed by atoms with Crippen LogP contribution >= 0.6 is 0 Å². The summed E-state index contributed by atoms with van der Waals surface area (Å²) in [4.78, 5) is 20.3. The van der Waals surface area contributed by atoms with Gasteiger partial charge in [0.2, 0.25) is 15.7 Å². The predicted molar refractivity (Wildman–Crippen MR) is 148 cm³/mol. The van der Waals surface area contributed by atoms with Gasteiger partial charge in [0.15, 0.2) is 4.90 Å². The van der Waals surface area contributed by atoms with E-state index in [1.54, 1.807) is 43.6 Å². The van der Waals surface area contributed by atoms with Gasteiger partial charge >= 0.3 is 0 Å². The average molecular weight is 561 g/mol. The molecule has 1 unspecified atom stereocenters. The lowest BCUT2D eigenvalue weighted by Crippen LogP contribution is -2.27. The number of nitrogens with zero attached hydrogens (tertiary/aromatic N) is 4. The third-order valence-electron chi connectivity index (χ3n) is 6.85. The quantitative estimate of drug-likeness (QED) is 0.286. The van der Waals surface area contributed by atoms with Crippen molar-refractivity contribution < 1.29 is 17.9 Å². The number of nitriles is 1. The largest absolute Gasteiger partial charge is 0.493 e. The molecule has 0 saturated carbocycles. The van der Waals surface area contributed by atoms with Gasteiger partial charge in [-0.1, -0.05) is 38.5 Å². The molecule has 0 radical (unpaired) electrons. The van der Waals surface area contributed by atoms with E-state index >= 15 is 0 Å². The van der Waals surface area contributed by atoms with Gasteiger partial charge < -0.3 is 5.11 Å². The van der Waals surface area contributed by atoms with Crippen molar-refractivity contribution in [1.29, 1.82) is 5.26 Å². The van der Waals surface area contributed by atoms with Crippen molar-refractivity contribution >= 4 is 9.84 Å². The molecule has 8 nitrogen and oxygen atoms in total. The third-order valence-corrected chi connectivity index (χ3v) is 8.64. The highest BCUT2D eigenvalue weighted by Crippen LogP contribution is 2.34. The van der Waals surface area contributed by atoms with Crippen molar-refractivity contribution in [3.63, 3.8) is 0 Å². The van der Waals surface area contributed by atoms with Gasteiger partial charge in [-0.25, -0.2) is 12.8 Å². The molecule has 0 aliphatic heterocycles. The molecule has 1 atom stereocenters. The SMILES string of the molecule is CCCCc1nc(=O)c(S(=O)(=O)c2ccc(-c3ccncc3C)cc2)c(O)n1C(CC)c1ccc(C#N)c(F)c1. The molecular formula is C30H29FN4O4S. The second-order valence-corrected chi connectivity index (χ2v) is 11.3. The standard InChI is InChI=1S/C30H29FN4O4S/c1-4-6-7-27-34-29(36)28(30(37)35(27)26(5-2)21-8-9-22(17-32)25(31)16-21)40(38,39)23-12-10-20(11-13-23)24-14-15-33-18-19(24)3/h8-16,18,26,37H,4-7H2,1-3H3. The van der Waals surface area contributed by atoms with Crippen molar-refractivity contribution in [2.24, 2.45) is 0 Å². The molecule has 0 aliphatic rings. The number of aromatic hydroxyl groups is 1. The van der Waals surface area contributed by atoms with Crippen molar-refractivity contribution in [3.8, 4) is 23.1 Å². The number of pyridine rings is 1. The lowest BCUT2D eigenvalue weighted by molar-refractivity contribution is 0.358. The molecule has 0 bridgehead atoms. The first-order valence-corrected chi connectivity index (χ1v) is 14.4. The lowest BCUT2D eigenvalue weighted by Gasteiger charge is -2.25. The van der Waals surface area contributed by atoms with Gasteiger partial charge in [0.25, 0.3) is 5.56 Å². The molecule has 40 heavy (non-hydrogen) atoms. The van der Waals surface area contributed by atoms with Crippen LogP contribution in [0.1, 0.15) is 61.7 Å². The van der Waals surface area contributed by atoms with Crippen molar-refractivity contribution in [2.45, 2.75) is 62.3 Å². The molecule has 206 valence electrons. The summed E-state index contributed by atoms with van der Waals surface area (Å²) in [5, 5.41) is 20.6. The highest BCUT2D eigenvalue weighted by atomic mass is 32.2. The zero-order chi connectivity index (χ0) is 29.0. The average Bonchev–Trinajstić information content (AvgIpc) is 2.94. The highest BCUT2D eigenvalue weighted by molar-refractivity contribution is 7.91. The van der Waals surface area contributed by atoms with Crippen molar-refractivity contribution in [2.75, 3.05) is 0 Å². The number of halogens is 1. The zero-order valence-electron chi connectivity index (χ0n) is 22.4. The molecule has 2 aromatic carbocycles. The smallest absolute Gasteiger partial charge is 0.296 e. The molecule has 2 aromatic heterocycles. The van der Waals surface area contributed by atoms with E-state index in [0.717, 1.165) is 23.1 Å². The van der Waals surface area contributed by atoms with Gasteiger partial charge in [-0.3, -0.25) is 14.3 Å². The number of aromatic nitrogens is 3. The molecule has 0 spiro atoms. The number of hydrogen-bond donors (Lipinski definition) is 1. The Labute approximate surface area is 232 Å². The topological polar surface area (TPSA) is 126 Å². The molecule has 4 aromatic rings. The van der Waals surface area contributed by atoms with Crippen LogP contribution in [0.2, 0.25) is 0 Å². The van der Waals surface area contributed by atoms with Gasteiger partial charge in [-0.15, -0.1) is 0 Å². The van der Waals surface area contributed by atoms with Crippen LogP contribution in [0.5, 0.6) is 5.88 Å². The van der Waals surface area contributed by atoms with E-state index in [1.807, 2.05) is 19.9 Å². The van der Waals surface area contributed by atoms with Crippen LogP contribution in [0, 0.1) is 24.1 Å². The summed E-state index contributed by atoms with van der Waals surface area (Å²) >= 11 is 0. The highest BCUT2D eigenvalue weighted by Gasteiger charge is 2.32. The molecule has 2 heterocycles. The Kier molecular flexibility index (Phi) is 8.45. The summed E-state index contributed by atoms with van der Waals surface area (Å²) in [7, 11) is -4.49. The second-order valence-electron chi connectivity index (χ2n) is 9.45. The number of rotatable bonds is 9. The Morgan fingerprint density at radius 2 is 1.85 bits per heavy atom. The first kappa shape index (κ1) is 28.6. The van der Waals surface area contributed by atoms with Crippen LogP contribution in [-0.2, 0) is 16.3 Å². The van der Waals surface area contributed by atoms with E-state index in [2.05, 4.69) is 9.97 Å². The normalized spacial score (nSPS) is 12.2. The van der Waals surface area contributed by atoms with Crippen LogP contribution in [0.15, 0.2) is 75.5 Å². The molecule has 0 saturated heterocycles. The fourth-order valence-electron chi connectivity index (χ4n) is 4.75. The monoisotopic (exact) mass is 560 g/mol. The minimum absolute atomic E-state index is 0.138. The van der Waals surface area contributed by atoms with Crippen molar-refractivity contribution in [1.82, 2.24) is 14.5 Å². The Morgan fingerprint density at radius 3 is 2.45 bits per heavy atom. The maximum Gasteiger partial charge on any atom is 0.296 e. The summed E-state index contributed by atoms with van der Waals surface area (Å²) < 4.78 is 43.3. The van der Waals surface area contributed by atoms with Crippen LogP contribution in [-0.4, -0.2) is 28.1 Å². The summed E-state index contributed by atoms with van der Waals surface area (Å²) in [5.41, 5.74) is 1.76. The van der Waals surface area contributed by atoms with E-state index in [1.165, 1.54) is 28.8 Å². The van der Waals surface area contributed by atoms with Crippen LogP contribution < -0.4 is 5.56 Å². The maximum absolute atomic E-state index is 14.5. The van der Waals surface area contributed by atoms with Gasteiger partial charge in [-0.2, -0.15) is 10.2 Å². The number of unbranched alkanes of at least 4 members (excludes halogenated alkanes) is 1. The molecule has 0 amide bonds. The summed E-state index contributed by atoms with van der Waals surface area (Å²) in [6.07, 6.45) is 5.37. The third kappa shape index (κ3) is 5.38. The minimum atomic E-state index is -4.49. The van der Waals surface area contributed by atoms with E-state index < -0.39 is 38.0 Å². The Bertz CT molecular complexity index is 1760. The van der Waals surface area contributed by atoms with E-state index in [0.29, 0.717) is 24.8 Å². The van der Waals surface area contributed by atoms with Gasteiger partial charge in [0.1, 0.15) is 17.7 Å². The number of sulfone groups is 1. The minimum Gasteiger partial charge on any atom is -0.493 e. The predicted octanol–water partition coefficient (Wildman–Crippen LogP) is 5.50. The Morgan fingerprint density at radius 1 is 1.12 bits per heavy atom. The number of benzene rings is 2. The molecule has 0 aliphatic carbocycles. The van der Waals surface area contributed by atoms with E-state index in [9.17, 15) is 22.7 Å². The fraction of sp³-hybridized carbons (Fsp3) is 0.267. The summed E-state index contributed by atoms with van der Waals surface area (Å²) in [6.45, 7) is 5.63. The van der Waals surface area contributed by atoms with Gasteiger partial charge in [0, 0.05) is 18.8 Å². The molecule has 10 heteroatoms. The summed E-state index contributed by atoms with van der Waals surface area (Å²) in [6, 6.07) is 12.9. The summed E-state index contributed by atoms with van der Waals surface area (Å²) in [5.74, 6) is -1.29. The van der Waals surface area contributed by atoms with Gasteiger partial charge in [-0.05, 0) is 72.4 Å². The maximum atomic E-state index is 14.5. The van der Waals surface area contributed by atoms with Crippen LogP contribution in [0.4, 0.5) is 4.39 Å². The molecule has 4 rings (SSSR count). The van der Waals surface area contributed by atoms with Crippen LogP contribution in [0.25, 0.3) is 11.1 Å². The molecule has 1 N–H and O–H groups in total. The number of aryl methyl sites for hydroxylation is 2. The first-order valence-electron chi connectivity index (χ1n) is 12.9. The molecule has 0 fully saturated rings.